The van der Waals surface area contributed by atoms with E-state index in [9.17, 15) is 14.4 Å². The summed E-state index contributed by atoms with van der Waals surface area (Å²) >= 11 is 0. The van der Waals surface area contributed by atoms with Crippen LogP contribution < -0.4 is 11.1 Å². The number of para-hydroxylation sites is 1. The Morgan fingerprint density at radius 2 is 1.50 bits per heavy atom. The molecule has 2 rings (SSSR count). The molecule has 0 atom stereocenters. The molecule has 5 nitrogen and oxygen atoms in total. The number of hydrogen-bond donors (Lipinski definition) is 2. The van der Waals surface area contributed by atoms with Gasteiger partial charge in [-0.3, -0.25) is 14.4 Å². The Kier molecular flexibility index (Phi) is 5.03. The van der Waals surface area contributed by atoms with Gasteiger partial charge in [0.15, 0.2) is 5.78 Å². The van der Waals surface area contributed by atoms with Gasteiger partial charge in [-0.05, 0) is 36.4 Å². The van der Waals surface area contributed by atoms with E-state index in [2.05, 4.69) is 5.32 Å². The zero-order valence-electron chi connectivity index (χ0n) is 11.9. The summed E-state index contributed by atoms with van der Waals surface area (Å²) in [4.78, 5) is 35.4. The van der Waals surface area contributed by atoms with Crippen LogP contribution in [0.25, 0.3) is 0 Å². The first-order valence-corrected chi connectivity index (χ1v) is 6.80. The Labute approximate surface area is 128 Å². The van der Waals surface area contributed by atoms with Crippen molar-refractivity contribution in [3.05, 3.63) is 60.2 Å². The van der Waals surface area contributed by atoms with Crippen molar-refractivity contribution < 1.29 is 14.4 Å². The standard InChI is InChI=1S/C17H16N2O3/c18-13-8-6-12(7-9-13)16(21)10-15(20)11-17(22)19-14-4-2-1-3-5-14/h1-9H,10-11,18H2,(H,19,22). The summed E-state index contributed by atoms with van der Waals surface area (Å²) in [5.74, 6) is -1.17. The molecule has 0 fully saturated rings. The van der Waals surface area contributed by atoms with Crippen molar-refractivity contribution >= 4 is 28.8 Å². The highest BCUT2D eigenvalue weighted by Crippen LogP contribution is 2.10. The smallest absolute Gasteiger partial charge is 0.231 e. The second kappa shape index (κ2) is 7.17. The number of nitrogen functional groups attached to an aromatic ring is 1. The van der Waals surface area contributed by atoms with E-state index in [0.29, 0.717) is 16.9 Å². The van der Waals surface area contributed by atoms with Crippen LogP contribution >= 0.6 is 0 Å². The first-order chi connectivity index (χ1) is 10.5. The summed E-state index contributed by atoms with van der Waals surface area (Å²) in [6.45, 7) is 0. The van der Waals surface area contributed by atoms with Crippen molar-refractivity contribution in [3.63, 3.8) is 0 Å². The molecule has 0 aliphatic carbocycles. The maximum atomic E-state index is 11.9. The van der Waals surface area contributed by atoms with Crippen molar-refractivity contribution in [1.82, 2.24) is 0 Å². The largest absolute Gasteiger partial charge is 0.399 e. The van der Waals surface area contributed by atoms with Crippen molar-refractivity contribution in [2.45, 2.75) is 12.8 Å². The minimum absolute atomic E-state index is 0.299. The van der Waals surface area contributed by atoms with Gasteiger partial charge >= 0.3 is 0 Å². The highest BCUT2D eigenvalue weighted by atomic mass is 16.2. The molecule has 1 amide bonds. The first kappa shape index (κ1) is 15.4. The number of anilines is 2. The Bertz CT molecular complexity index is 679. The van der Waals surface area contributed by atoms with Crippen molar-refractivity contribution in [3.8, 4) is 0 Å². The zero-order chi connectivity index (χ0) is 15.9. The van der Waals surface area contributed by atoms with Crippen LogP contribution in [0.3, 0.4) is 0 Å². The quantitative estimate of drug-likeness (QED) is 0.487. The maximum Gasteiger partial charge on any atom is 0.231 e. The molecule has 0 aromatic heterocycles. The number of carbonyl (C=O) groups excluding carboxylic acids is 3. The number of Topliss-reactive ketones (excluding diaryl/α,β-unsaturated/α-hetero) is 2. The fourth-order valence-corrected chi connectivity index (χ4v) is 1.92. The molecule has 112 valence electrons. The molecule has 5 heteroatoms. The summed E-state index contributed by atoms with van der Waals surface area (Å²) < 4.78 is 0. The van der Waals surface area contributed by atoms with Gasteiger partial charge in [0.1, 0.15) is 5.78 Å². The summed E-state index contributed by atoms with van der Waals surface area (Å²) in [7, 11) is 0. The molecule has 0 bridgehead atoms. The van der Waals surface area contributed by atoms with Gasteiger partial charge in [-0.25, -0.2) is 0 Å². The van der Waals surface area contributed by atoms with Crippen LogP contribution in [0.5, 0.6) is 0 Å². The Hall–Kier alpha value is -2.95. The fraction of sp³-hybridized carbons (Fsp3) is 0.118. The van der Waals surface area contributed by atoms with E-state index >= 15 is 0 Å². The molecule has 3 N–H and O–H groups in total. The predicted octanol–water partition coefficient (Wildman–Crippen LogP) is 2.44. The number of ketones is 2. The number of hydrogen-bond acceptors (Lipinski definition) is 4. The van der Waals surface area contributed by atoms with Gasteiger partial charge in [0.25, 0.3) is 0 Å². The molecule has 0 saturated carbocycles. The van der Waals surface area contributed by atoms with Gasteiger partial charge in [-0.15, -0.1) is 0 Å². The molecular weight excluding hydrogens is 280 g/mol. The lowest BCUT2D eigenvalue weighted by molar-refractivity contribution is -0.124. The molecular formula is C17H16N2O3. The maximum absolute atomic E-state index is 11.9. The van der Waals surface area contributed by atoms with E-state index in [4.69, 9.17) is 5.73 Å². The molecule has 2 aromatic rings. The Balaban J connectivity index is 1.86. The highest BCUT2D eigenvalue weighted by molar-refractivity contribution is 6.13. The van der Waals surface area contributed by atoms with E-state index in [-0.39, 0.29) is 18.6 Å². The third-order valence-corrected chi connectivity index (χ3v) is 3.01. The third-order valence-electron chi connectivity index (χ3n) is 3.01. The van der Waals surface area contributed by atoms with Gasteiger partial charge in [0.2, 0.25) is 5.91 Å². The summed E-state index contributed by atoms with van der Waals surface area (Å²) in [5.41, 5.74) is 7.11. The number of nitrogens with one attached hydrogen (secondary N) is 1. The molecule has 0 aliphatic rings. The van der Waals surface area contributed by atoms with E-state index in [1.165, 1.54) is 0 Å². The fourth-order valence-electron chi connectivity index (χ4n) is 1.92. The number of rotatable bonds is 6. The second-order valence-electron chi connectivity index (χ2n) is 4.85. The van der Waals surface area contributed by atoms with Crippen LogP contribution in [-0.2, 0) is 9.59 Å². The van der Waals surface area contributed by atoms with Crippen LogP contribution in [0.1, 0.15) is 23.2 Å². The summed E-state index contributed by atoms with van der Waals surface area (Å²) in [6, 6.07) is 15.2. The minimum atomic E-state index is -0.429. The van der Waals surface area contributed by atoms with Crippen LogP contribution in [-0.4, -0.2) is 17.5 Å². The third kappa shape index (κ3) is 4.56. The number of carbonyl (C=O) groups is 3. The minimum Gasteiger partial charge on any atom is -0.399 e. The summed E-state index contributed by atoms with van der Waals surface area (Å²) in [5, 5.41) is 2.61. The normalized spacial score (nSPS) is 10.0. The van der Waals surface area contributed by atoms with Gasteiger partial charge in [0, 0.05) is 16.9 Å². The lowest BCUT2D eigenvalue weighted by Gasteiger charge is -2.04. The molecule has 0 saturated heterocycles. The first-order valence-electron chi connectivity index (χ1n) is 6.80. The van der Waals surface area contributed by atoms with Crippen LogP contribution in [0.15, 0.2) is 54.6 Å². The molecule has 22 heavy (non-hydrogen) atoms. The second-order valence-corrected chi connectivity index (χ2v) is 4.85. The average molecular weight is 296 g/mol. The molecule has 0 aliphatic heterocycles. The van der Waals surface area contributed by atoms with Crippen molar-refractivity contribution in [2.24, 2.45) is 0 Å². The zero-order valence-corrected chi connectivity index (χ0v) is 11.9. The highest BCUT2D eigenvalue weighted by Gasteiger charge is 2.15. The van der Waals surface area contributed by atoms with Gasteiger partial charge < -0.3 is 11.1 Å². The monoisotopic (exact) mass is 296 g/mol. The van der Waals surface area contributed by atoms with E-state index in [1.807, 2.05) is 6.07 Å². The van der Waals surface area contributed by atoms with Crippen molar-refractivity contribution in [1.29, 1.82) is 0 Å². The number of nitrogens with two attached hydrogens (primary N) is 1. The van der Waals surface area contributed by atoms with E-state index < -0.39 is 11.7 Å². The van der Waals surface area contributed by atoms with Gasteiger partial charge in [0.05, 0.1) is 12.8 Å². The lowest BCUT2D eigenvalue weighted by atomic mass is 10.0. The van der Waals surface area contributed by atoms with Gasteiger partial charge in [-0.1, -0.05) is 18.2 Å². The van der Waals surface area contributed by atoms with Crippen LogP contribution in [0, 0.1) is 0 Å². The molecule has 0 radical (unpaired) electrons. The Morgan fingerprint density at radius 1 is 0.864 bits per heavy atom. The Morgan fingerprint density at radius 3 is 2.14 bits per heavy atom. The lowest BCUT2D eigenvalue weighted by Crippen LogP contribution is -2.18. The van der Waals surface area contributed by atoms with Crippen LogP contribution in [0.4, 0.5) is 11.4 Å². The van der Waals surface area contributed by atoms with E-state index in [0.717, 1.165) is 0 Å². The summed E-state index contributed by atoms with van der Waals surface area (Å²) in [6.07, 6.45) is -0.623. The van der Waals surface area contributed by atoms with Crippen LogP contribution in [0.2, 0.25) is 0 Å². The number of benzene rings is 2. The van der Waals surface area contributed by atoms with E-state index in [1.54, 1.807) is 48.5 Å². The molecule has 0 unspecified atom stereocenters. The molecule has 0 heterocycles. The molecule has 2 aromatic carbocycles. The predicted molar refractivity (Wildman–Crippen MR) is 84.5 cm³/mol. The average Bonchev–Trinajstić information content (AvgIpc) is 2.48. The topological polar surface area (TPSA) is 89.3 Å². The molecule has 0 spiro atoms. The number of amides is 1. The van der Waals surface area contributed by atoms with Crippen molar-refractivity contribution in [2.75, 3.05) is 11.1 Å². The van der Waals surface area contributed by atoms with Gasteiger partial charge in [-0.2, -0.15) is 0 Å². The SMILES string of the molecule is Nc1ccc(C(=O)CC(=O)CC(=O)Nc2ccccc2)cc1.